The average Bonchev–Trinajstić information content (AvgIpc) is 2.55. The number of ether oxygens (including phenoxy) is 1. The molecule has 4 heteroatoms. The fourth-order valence-corrected chi connectivity index (χ4v) is 1.81. The van der Waals surface area contributed by atoms with Crippen molar-refractivity contribution in [1.29, 1.82) is 0 Å². The van der Waals surface area contributed by atoms with Crippen molar-refractivity contribution in [2.24, 2.45) is 0 Å². The molecule has 3 aromatic rings. The van der Waals surface area contributed by atoms with Gasteiger partial charge in [0.05, 0.1) is 5.69 Å². The van der Waals surface area contributed by atoms with E-state index in [9.17, 15) is 0 Å². The lowest BCUT2D eigenvalue weighted by atomic mass is 10.1. The van der Waals surface area contributed by atoms with Crippen molar-refractivity contribution in [3.63, 3.8) is 0 Å². The molecule has 0 spiro atoms. The Hall–Kier alpha value is -2.75. The van der Waals surface area contributed by atoms with Gasteiger partial charge in [0.15, 0.2) is 0 Å². The van der Waals surface area contributed by atoms with E-state index in [0.717, 1.165) is 16.8 Å². The summed E-state index contributed by atoms with van der Waals surface area (Å²) in [5.41, 5.74) is 3.12. The third-order valence-electron chi connectivity index (χ3n) is 2.82. The summed E-state index contributed by atoms with van der Waals surface area (Å²) >= 11 is 0. The van der Waals surface area contributed by atoms with Crippen LogP contribution in [-0.4, -0.2) is 15.0 Å². The van der Waals surface area contributed by atoms with E-state index < -0.39 is 0 Å². The highest BCUT2D eigenvalue weighted by Gasteiger charge is 2.00. The van der Waals surface area contributed by atoms with Gasteiger partial charge < -0.3 is 4.74 Å². The molecule has 0 unspecified atom stereocenters. The Morgan fingerprint density at radius 3 is 2.20 bits per heavy atom. The van der Waals surface area contributed by atoms with Crippen LogP contribution in [0, 0.1) is 0 Å². The van der Waals surface area contributed by atoms with Crippen molar-refractivity contribution in [2.45, 2.75) is 6.61 Å². The second kappa shape index (κ2) is 5.93. The predicted molar refractivity (Wildman–Crippen MR) is 76.0 cm³/mol. The molecule has 2 aromatic heterocycles. The molecule has 0 N–H and O–H groups in total. The summed E-state index contributed by atoms with van der Waals surface area (Å²) in [7, 11) is 0. The van der Waals surface area contributed by atoms with Crippen molar-refractivity contribution in [3.05, 3.63) is 72.7 Å². The molecule has 4 nitrogen and oxygen atoms in total. The average molecular weight is 263 g/mol. The summed E-state index contributed by atoms with van der Waals surface area (Å²) < 4.78 is 5.50. The Kier molecular flexibility index (Phi) is 3.64. The molecule has 1 aromatic carbocycles. The first-order valence-corrected chi connectivity index (χ1v) is 6.32. The topological polar surface area (TPSA) is 47.9 Å². The minimum absolute atomic E-state index is 0.390. The molecule has 0 bridgehead atoms. The molecule has 0 fully saturated rings. The van der Waals surface area contributed by atoms with Crippen molar-refractivity contribution in [2.75, 3.05) is 0 Å². The van der Waals surface area contributed by atoms with Gasteiger partial charge in [0, 0.05) is 24.2 Å². The molecule has 0 amide bonds. The van der Waals surface area contributed by atoms with Crippen LogP contribution in [0.15, 0.2) is 67.1 Å². The zero-order valence-electron chi connectivity index (χ0n) is 10.8. The molecule has 0 saturated heterocycles. The van der Waals surface area contributed by atoms with Crippen LogP contribution < -0.4 is 4.74 Å². The highest BCUT2D eigenvalue weighted by Crippen LogP contribution is 2.17. The Balaban J connectivity index is 1.68. The summed E-state index contributed by atoms with van der Waals surface area (Å²) in [6.45, 7) is 0.451. The predicted octanol–water partition coefficient (Wildman–Crippen LogP) is 3.12. The lowest BCUT2D eigenvalue weighted by Crippen LogP contribution is -1.98. The number of benzene rings is 1. The molecular weight excluding hydrogens is 250 g/mol. The fraction of sp³-hybridized carbons (Fsp3) is 0.0625. The largest absolute Gasteiger partial charge is 0.459 e. The van der Waals surface area contributed by atoms with Gasteiger partial charge in [-0.25, -0.2) is 9.97 Å². The standard InChI is InChI=1S/C16H13N3O/c1-2-9-17-15(4-1)14-7-5-13(6-8-14)12-20-16-18-10-3-11-19-16/h1-11H,12H2. The van der Waals surface area contributed by atoms with Crippen molar-refractivity contribution >= 4 is 0 Å². The minimum Gasteiger partial charge on any atom is -0.459 e. The quantitative estimate of drug-likeness (QED) is 0.725. The maximum atomic E-state index is 5.50. The van der Waals surface area contributed by atoms with Crippen LogP contribution in [-0.2, 0) is 6.61 Å². The smallest absolute Gasteiger partial charge is 0.316 e. The molecule has 3 rings (SSSR count). The first-order chi connectivity index (χ1) is 9.92. The Labute approximate surface area is 117 Å². The Morgan fingerprint density at radius 2 is 1.50 bits per heavy atom. The van der Waals surface area contributed by atoms with Crippen LogP contribution in [0.2, 0.25) is 0 Å². The summed E-state index contributed by atoms with van der Waals surface area (Å²) in [5.74, 6) is 0. The van der Waals surface area contributed by atoms with Crippen LogP contribution in [0.3, 0.4) is 0 Å². The van der Waals surface area contributed by atoms with Gasteiger partial charge in [-0.2, -0.15) is 0 Å². The van der Waals surface area contributed by atoms with Crippen LogP contribution in [0.25, 0.3) is 11.3 Å². The maximum absolute atomic E-state index is 5.50. The molecular formula is C16H13N3O. The number of rotatable bonds is 4. The summed E-state index contributed by atoms with van der Waals surface area (Å²) in [6.07, 6.45) is 5.11. The SMILES string of the molecule is c1ccc(-c2ccc(COc3ncccn3)cc2)nc1. The van der Waals surface area contributed by atoms with Gasteiger partial charge in [-0.05, 0) is 23.8 Å². The molecule has 0 aliphatic heterocycles. The number of hydrogen-bond donors (Lipinski definition) is 0. The molecule has 0 radical (unpaired) electrons. The molecule has 0 atom stereocenters. The van der Waals surface area contributed by atoms with E-state index in [2.05, 4.69) is 15.0 Å². The summed E-state index contributed by atoms with van der Waals surface area (Å²) in [6, 6.07) is 16.1. The minimum atomic E-state index is 0.390. The maximum Gasteiger partial charge on any atom is 0.316 e. The molecule has 0 aliphatic rings. The zero-order chi connectivity index (χ0) is 13.6. The van der Waals surface area contributed by atoms with Crippen LogP contribution in [0.5, 0.6) is 6.01 Å². The van der Waals surface area contributed by atoms with E-state index in [1.165, 1.54) is 0 Å². The Morgan fingerprint density at radius 1 is 0.750 bits per heavy atom. The summed E-state index contributed by atoms with van der Waals surface area (Å²) in [4.78, 5) is 12.4. The van der Waals surface area contributed by atoms with E-state index in [1.807, 2.05) is 42.5 Å². The second-order valence-electron chi connectivity index (χ2n) is 4.23. The van der Waals surface area contributed by atoms with E-state index in [0.29, 0.717) is 12.6 Å². The third-order valence-corrected chi connectivity index (χ3v) is 2.82. The molecule has 0 saturated carbocycles. The van der Waals surface area contributed by atoms with E-state index in [-0.39, 0.29) is 0 Å². The van der Waals surface area contributed by atoms with Crippen molar-refractivity contribution < 1.29 is 4.74 Å². The third kappa shape index (κ3) is 2.98. The van der Waals surface area contributed by atoms with Gasteiger partial charge in [-0.3, -0.25) is 4.98 Å². The van der Waals surface area contributed by atoms with Gasteiger partial charge in [-0.15, -0.1) is 0 Å². The highest BCUT2D eigenvalue weighted by molar-refractivity contribution is 5.58. The van der Waals surface area contributed by atoms with Crippen LogP contribution >= 0.6 is 0 Å². The second-order valence-corrected chi connectivity index (χ2v) is 4.23. The normalized spacial score (nSPS) is 10.2. The van der Waals surface area contributed by atoms with Gasteiger partial charge >= 0.3 is 6.01 Å². The first kappa shape index (κ1) is 12.3. The van der Waals surface area contributed by atoms with E-state index in [1.54, 1.807) is 24.7 Å². The van der Waals surface area contributed by atoms with E-state index in [4.69, 9.17) is 4.74 Å². The van der Waals surface area contributed by atoms with Crippen molar-refractivity contribution in [3.8, 4) is 17.3 Å². The number of hydrogen-bond acceptors (Lipinski definition) is 4. The summed E-state index contributed by atoms with van der Waals surface area (Å²) in [5, 5.41) is 0. The molecule has 0 aliphatic carbocycles. The monoisotopic (exact) mass is 263 g/mol. The first-order valence-electron chi connectivity index (χ1n) is 6.32. The molecule has 20 heavy (non-hydrogen) atoms. The number of pyridine rings is 1. The molecule has 2 heterocycles. The molecule has 98 valence electrons. The van der Waals surface area contributed by atoms with Gasteiger partial charge in [0.25, 0.3) is 0 Å². The van der Waals surface area contributed by atoms with Gasteiger partial charge in [-0.1, -0.05) is 30.3 Å². The fourth-order valence-electron chi connectivity index (χ4n) is 1.81. The Bertz CT molecular complexity index is 654. The number of aromatic nitrogens is 3. The zero-order valence-corrected chi connectivity index (χ0v) is 10.8. The van der Waals surface area contributed by atoms with Crippen molar-refractivity contribution in [1.82, 2.24) is 15.0 Å². The van der Waals surface area contributed by atoms with Gasteiger partial charge in [0.2, 0.25) is 0 Å². The van der Waals surface area contributed by atoms with Gasteiger partial charge in [0.1, 0.15) is 6.61 Å². The van der Waals surface area contributed by atoms with E-state index >= 15 is 0 Å². The number of nitrogens with zero attached hydrogens (tertiary/aromatic N) is 3. The highest BCUT2D eigenvalue weighted by atomic mass is 16.5. The van der Waals surface area contributed by atoms with Crippen LogP contribution in [0.4, 0.5) is 0 Å². The van der Waals surface area contributed by atoms with Crippen LogP contribution in [0.1, 0.15) is 5.56 Å². The lowest BCUT2D eigenvalue weighted by Gasteiger charge is -2.05. The lowest BCUT2D eigenvalue weighted by molar-refractivity contribution is 0.280.